The Bertz CT molecular complexity index is 794. The van der Waals surface area contributed by atoms with Gasteiger partial charge in [-0.1, -0.05) is 23.2 Å². The summed E-state index contributed by atoms with van der Waals surface area (Å²) in [6.07, 6.45) is 0. The Morgan fingerprint density at radius 2 is 1.54 bits per heavy atom. The number of thiocarbonyl (C=S) groups is 1. The molecule has 0 saturated carbocycles. The minimum absolute atomic E-state index is 0.199. The van der Waals surface area contributed by atoms with E-state index in [-0.39, 0.29) is 16.9 Å². The number of halogens is 2. The van der Waals surface area contributed by atoms with E-state index in [2.05, 4.69) is 16.0 Å². The molecule has 24 heavy (non-hydrogen) atoms. The summed E-state index contributed by atoms with van der Waals surface area (Å²) >= 11 is 16.8. The van der Waals surface area contributed by atoms with Gasteiger partial charge in [0.05, 0.1) is 10.6 Å². The summed E-state index contributed by atoms with van der Waals surface area (Å²) in [6.45, 7) is 1.37. The molecule has 124 valence electrons. The third-order valence-corrected chi connectivity index (χ3v) is 3.63. The largest absolute Gasteiger partial charge is 0.332 e. The van der Waals surface area contributed by atoms with Crippen LogP contribution in [0.25, 0.3) is 0 Å². The lowest BCUT2D eigenvalue weighted by atomic mass is 10.2. The summed E-state index contributed by atoms with van der Waals surface area (Å²) in [5.41, 5.74) is 1.54. The number of carbonyl (C=O) groups is 2. The molecule has 2 amide bonds. The fourth-order valence-electron chi connectivity index (χ4n) is 1.83. The molecule has 0 aliphatic carbocycles. The predicted molar refractivity (Wildman–Crippen MR) is 101 cm³/mol. The second-order valence-corrected chi connectivity index (χ2v) is 6.04. The molecule has 0 unspecified atom stereocenters. The van der Waals surface area contributed by atoms with Gasteiger partial charge in [-0.05, 0) is 54.7 Å². The summed E-state index contributed by atoms with van der Waals surface area (Å²) in [5.74, 6) is -0.619. The highest BCUT2D eigenvalue weighted by atomic mass is 35.5. The number of carbonyl (C=O) groups excluding carboxylic acids is 2. The van der Waals surface area contributed by atoms with E-state index >= 15 is 0 Å². The molecule has 0 atom stereocenters. The molecule has 2 aromatic rings. The van der Waals surface area contributed by atoms with Crippen molar-refractivity contribution in [3.05, 3.63) is 58.1 Å². The molecule has 2 aromatic carbocycles. The van der Waals surface area contributed by atoms with Gasteiger partial charge in [0.1, 0.15) is 0 Å². The van der Waals surface area contributed by atoms with Crippen LogP contribution in [0.4, 0.5) is 11.4 Å². The van der Waals surface area contributed by atoms with Crippen molar-refractivity contribution >= 4 is 63.7 Å². The van der Waals surface area contributed by atoms with Crippen LogP contribution in [-0.4, -0.2) is 16.9 Å². The number of hydrogen-bond acceptors (Lipinski definition) is 3. The molecule has 0 aromatic heterocycles. The van der Waals surface area contributed by atoms with Gasteiger partial charge in [0.15, 0.2) is 5.11 Å². The van der Waals surface area contributed by atoms with Gasteiger partial charge in [0.25, 0.3) is 5.91 Å². The van der Waals surface area contributed by atoms with Crippen LogP contribution in [0.3, 0.4) is 0 Å². The lowest BCUT2D eigenvalue weighted by Gasteiger charge is -2.10. The third-order valence-electron chi connectivity index (χ3n) is 2.86. The van der Waals surface area contributed by atoms with E-state index in [0.717, 1.165) is 0 Å². The molecule has 0 bridgehead atoms. The van der Waals surface area contributed by atoms with E-state index in [0.29, 0.717) is 27.0 Å². The number of rotatable bonds is 3. The predicted octanol–water partition coefficient (Wildman–Crippen LogP) is 4.08. The maximum Gasteiger partial charge on any atom is 0.257 e. The zero-order valence-electron chi connectivity index (χ0n) is 12.5. The molecule has 0 aliphatic rings. The molecule has 3 N–H and O–H groups in total. The number of nitrogens with one attached hydrogen (secondary N) is 3. The van der Waals surface area contributed by atoms with E-state index < -0.39 is 0 Å². The quantitative estimate of drug-likeness (QED) is 0.700. The summed E-state index contributed by atoms with van der Waals surface area (Å²) in [4.78, 5) is 23.1. The average Bonchev–Trinajstić information content (AvgIpc) is 2.50. The van der Waals surface area contributed by atoms with Crippen LogP contribution >= 0.6 is 35.4 Å². The minimum Gasteiger partial charge on any atom is -0.332 e. The van der Waals surface area contributed by atoms with E-state index in [9.17, 15) is 9.59 Å². The first-order valence-corrected chi connectivity index (χ1v) is 7.96. The Balaban J connectivity index is 2.03. The van der Waals surface area contributed by atoms with Crippen LogP contribution in [-0.2, 0) is 4.79 Å². The molecule has 2 rings (SSSR count). The normalized spacial score (nSPS) is 9.96. The SMILES string of the molecule is CC(=O)NC(=S)Nc1ccc(NC(=O)c2cc(Cl)ccc2Cl)cc1. The lowest BCUT2D eigenvalue weighted by molar-refractivity contribution is -0.117. The Kier molecular flexibility index (Phi) is 6.14. The van der Waals surface area contributed by atoms with Crippen LogP contribution < -0.4 is 16.0 Å². The van der Waals surface area contributed by atoms with Gasteiger partial charge < -0.3 is 16.0 Å². The van der Waals surface area contributed by atoms with Gasteiger partial charge in [-0.3, -0.25) is 9.59 Å². The number of hydrogen-bond donors (Lipinski definition) is 3. The first kappa shape index (κ1) is 18.2. The summed E-state index contributed by atoms with van der Waals surface area (Å²) < 4.78 is 0. The Morgan fingerprint density at radius 1 is 0.958 bits per heavy atom. The lowest BCUT2D eigenvalue weighted by Crippen LogP contribution is -2.32. The molecule has 0 aliphatic heterocycles. The van der Waals surface area contributed by atoms with Crippen LogP contribution in [0.1, 0.15) is 17.3 Å². The molecular formula is C16H13Cl2N3O2S. The van der Waals surface area contributed by atoms with Crippen LogP contribution in [0, 0.1) is 0 Å². The van der Waals surface area contributed by atoms with Gasteiger partial charge in [-0.15, -0.1) is 0 Å². The first-order chi connectivity index (χ1) is 11.3. The topological polar surface area (TPSA) is 70.2 Å². The van der Waals surface area contributed by atoms with Crippen molar-refractivity contribution in [3.63, 3.8) is 0 Å². The maximum absolute atomic E-state index is 12.2. The molecule has 8 heteroatoms. The van der Waals surface area contributed by atoms with Crippen molar-refractivity contribution in [1.82, 2.24) is 5.32 Å². The van der Waals surface area contributed by atoms with Gasteiger partial charge in [-0.2, -0.15) is 0 Å². The van der Waals surface area contributed by atoms with Crippen molar-refractivity contribution in [2.75, 3.05) is 10.6 Å². The van der Waals surface area contributed by atoms with Crippen molar-refractivity contribution in [1.29, 1.82) is 0 Å². The summed E-state index contributed by atoms with van der Waals surface area (Å²) in [6, 6.07) is 11.5. The van der Waals surface area contributed by atoms with Gasteiger partial charge in [-0.25, -0.2) is 0 Å². The molecule has 0 saturated heterocycles. The van der Waals surface area contributed by atoms with Crippen LogP contribution in [0.15, 0.2) is 42.5 Å². The highest BCUT2D eigenvalue weighted by molar-refractivity contribution is 7.80. The van der Waals surface area contributed by atoms with E-state index in [1.165, 1.54) is 13.0 Å². The van der Waals surface area contributed by atoms with E-state index in [1.54, 1.807) is 36.4 Å². The Hall–Kier alpha value is -2.15. The van der Waals surface area contributed by atoms with Crippen molar-refractivity contribution in [2.45, 2.75) is 6.92 Å². The zero-order chi connectivity index (χ0) is 17.7. The maximum atomic E-state index is 12.2. The summed E-state index contributed by atoms with van der Waals surface area (Å²) in [7, 11) is 0. The third kappa shape index (κ3) is 5.19. The van der Waals surface area contributed by atoms with Gasteiger partial charge in [0.2, 0.25) is 5.91 Å². The van der Waals surface area contributed by atoms with Crippen molar-refractivity contribution in [3.8, 4) is 0 Å². The highest BCUT2D eigenvalue weighted by Gasteiger charge is 2.11. The second-order valence-electron chi connectivity index (χ2n) is 4.79. The minimum atomic E-state index is -0.364. The number of amides is 2. The average molecular weight is 382 g/mol. The smallest absolute Gasteiger partial charge is 0.257 e. The van der Waals surface area contributed by atoms with Crippen LogP contribution in [0.5, 0.6) is 0 Å². The van der Waals surface area contributed by atoms with Crippen LogP contribution in [0.2, 0.25) is 10.0 Å². The van der Waals surface area contributed by atoms with E-state index in [4.69, 9.17) is 35.4 Å². The Morgan fingerprint density at radius 3 is 2.12 bits per heavy atom. The first-order valence-electron chi connectivity index (χ1n) is 6.80. The van der Waals surface area contributed by atoms with Crippen molar-refractivity contribution in [2.24, 2.45) is 0 Å². The standard InChI is InChI=1S/C16H13Cl2N3O2S/c1-9(22)19-16(24)21-12-5-3-11(4-6-12)20-15(23)13-8-10(17)2-7-14(13)18/h2-8H,1H3,(H,20,23)(H2,19,21,22,24). The van der Waals surface area contributed by atoms with Gasteiger partial charge in [0, 0.05) is 23.3 Å². The molecule has 0 fully saturated rings. The van der Waals surface area contributed by atoms with E-state index in [1.807, 2.05) is 0 Å². The fraction of sp³-hybridized carbons (Fsp3) is 0.0625. The molecule has 0 radical (unpaired) electrons. The second kappa shape index (κ2) is 8.10. The summed E-state index contributed by atoms with van der Waals surface area (Å²) in [5, 5.41) is 8.97. The molecule has 0 spiro atoms. The molecular weight excluding hydrogens is 369 g/mol. The fourth-order valence-corrected chi connectivity index (χ4v) is 2.47. The highest BCUT2D eigenvalue weighted by Crippen LogP contribution is 2.22. The molecule has 5 nitrogen and oxygen atoms in total. The number of benzene rings is 2. The van der Waals surface area contributed by atoms with Crippen molar-refractivity contribution < 1.29 is 9.59 Å². The van der Waals surface area contributed by atoms with Gasteiger partial charge >= 0.3 is 0 Å². The Labute approximate surface area is 154 Å². The number of anilines is 2. The zero-order valence-corrected chi connectivity index (χ0v) is 14.9. The molecule has 0 heterocycles. The monoisotopic (exact) mass is 381 g/mol.